The minimum absolute atomic E-state index is 0.184. The average Bonchev–Trinajstić information content (AvgIpc) is 2.80. The van der Waals surface area contributed by atoms with E-state index in [4.69, 9.17) is 0 Å². The van der Waals surface area contributed by atoms with Gasteiger partial charge in [0.05, 0.1) is 17.9 Å². The molecule has 4 rings (SSSR count). The Balaban J connectivity index is 1.59. The first-order chi connectivity index (χ1) is 11.7. The molecular weight excluding hydrogens is 298 g/mol. The minimum atomic E-state index is 0.184. The van der Waals surface area contributed by atoms with Crippen LogP contribution in [0.2, 0.25) is 0 Å². The van der Waals surface area contributed by atoms with E-state index in [-0.39, 0.29) is 11.9 Å². The molecule has 0 bridgehead atoms. The van der Waals surface area contributed by atoms with Gasteiger partial charge >= 0.3 is 0 Å². The van der Waals surface area contributed by atoms with Gasteiger partial charge in [0.2, 0.25) is 5.91 Å². The van der Waals surface area contributed by atoms with Crippen LogP contribution in [0.15, 0.2) is 48.5 Å². The van der Waals surface area contributed by atoms with E-state index in [1.165, 1.54) is 5.56 Å². The second-order valence-electron chi connectivity index (χ2n) is 6.66. The first kappa shape index (κ1) is 15.1. The molecular formula is C20H23N3O. The highest BCUT2D eigenvalue weighted by molar-refractivity contribution is 5.99. The maximum atomic E-state index is 13.1. The van der Waals surface area contributed by atoms with Gasteiger partial charge in [-0.05, 0) is 43.5 Å². The molecule has 1 amide bonds. The van der Waals surface area contributed by atoms with Crippen molar-refractivity contribution in [2.45, 2.75) is 25.8 Å². The highest BCUT2D eigenvalue weighted by Gasteiger charge is 2.31. The standard InChI is InChI=1S/C20H23N3O/c1-15-13-16-7-2-4-9-18(16)23(15)20(24)14-22-12-6-11-21-17-8-3-5-10-19(17)22/h2-5,7-10,15,21H,6,11-14H2,1H3. The fraction of sp³-hybridized carbons (Fsp3) is 0.350. The Morgan fingerprint density at radius 1 is 1.12 bits per heavy atom. The van der Waals surface area contributed by atoms with Crippen LogP contribution in [0.3, 0.4) is 0 Å². The van der Waals surface area contributed by atoms with Gasteiger partial charge in [-0.15, -0.1) is 0 Å². The second-order valence-corrected chi connectivity index (χ2v) is 6.66. The van der Waals surface area contributed by atoms with Crippen LogP contribution in [-0.4, -0.2) is 31.6 Å². The Hall–Kier alpha value is -2.49. The van der Waals surface area contributed by atoms with E-state index in [1.54, 1.807) is 0 Å². The number of amides is 1. The number of benzene rings is 2. The van der Waals surface area contributed by atoms with Gasteiger partial charge in [0.1, 0.15) is 0 Å². The first-order valence-corrected chi connectivity index (χ1v) is 8.72. The molecule has 0 saturated heterocycles. The molecule has 2 aliphatic heterocycles. The summed E-state index contributed by atoms with van der Waals surface area (Å²) in [5.41, 5.74) is 4.61. The molecule has 0 saturated carbocycles. The number of carbonyl (C=O) groups excluding carboxylic acids is 1. The van der Waals surface area contributed by atoms with E-state index in [2.05, 4.69) is 47.5 Å². The van der Waals surface area contributed by atoms with Gasteiger partial charge in [-0.25, -0.2) is 0 Å². The quantitative estimate of drug-likeness (QED) is 0.922. The molecule has 2 aromatic rings. The maximum Gasteiger partial charge on any atom is 0.246 e. The first-order valence-electron chi connectivity index (χ1n) is 8.72. The minimum Gasteiger partial charge on any atom is -0.383 e. The molecule has 1 unspecified atom stereocenters. The van der Waals surface area contributed by atoms with E-state index < -0.39 is 0 Å². The molecule has 0 aromatic heterocycles. The SMILES string of the molecule is CC1Cc2ccccc2N1C(=O)CN1CCCNc2ccccc21. The number of fused-ring (bicyclic) bond motifs is 2. The number of anilines is 3. The van der Waals surface area contributed by atoms with Crippen molar-refractivity contribution in [3.63, 3.8) is 0 Å². The lowest BCUT2D eigenvalue weighted by Gasteiger charge is -2.29. The zero-order chi connectivity index (χ0) is 16.5. The zero-order valence-electron chi connectivity index (χ0n) is 14.0. The summed E-state index contributed by atoms with van der Waals surface area (Å²) in [6.07, 6.45) is 1.98. The molecule has 4 heteroatoms. The summed E-state index contributed by atoms with van der Waals surface area (Å²) in [7, 11) is 0. The summed E-state index contributed by atoms with van der Waals surface area (Å²) in [5.74, 6) is 0.184. The van der Waals surface area contributed by atoms with Crippen molar-refractivity contribution >= 4 is 23.0 Å². The van der Waals surface area contributed by atoms with Gasteiger partial charge in [-0.1, -0.05) is 30.3 Å². The molecule has 2 aliphatic rings. The molecule has 2 aromatic carbocycles. The predicted molar refractivity (Wildman–Crippen MR) is 98.9 cm³/mol. The van der Waals surface area contributed by atoms with Crippen molar-refractivity contribution in [1.82, 2.24) is 0 Å². The summed E-state index contributed by atoms with van der Waals surface area (Å²) in [5, 5.41) is 3.46. The lowest BCUT2D eigenvalue weighted by atomic mass is 10.1. The topological polar surface area (TPSA) is 35.6 Å². The summed E-state index contributed by atoms with van der Waals surface area (Å²) in [6.45, 7) is 4.41. The van der Waals surface area contributed by atoms with Gasteiger partial charge in [0.25, 0.3) is 0 Å². The molecule has 1 N–H and O–H groups in total. The van der Waals surface area contributed by atoms with Crippen molar-refractivity contribution in [2.24, 2.45) is 0 Å². The molecule has 24 heavy (non-hydrogen) atoms. The molecule has 0 aliphatic carbocycles. The summed E-state index contributed by atoms with van der Waals surface area (Å²) >= 11 is 0. The largest absolute Gasteiger partial charge is 0.383 e. The van der Waals surface area contributed by atoms with E-state index in [0.717, 1.165) is 43.0 Å². The van der Waals surface area contributed by atoms with E-state index in [9.17, 15) is 4.79 Å². The van der Waals surface area contributed by atoms with Crippen LogP contribution in [0.1, 0.15) is 18.9 Å². The third kappa shape index (κ3) is 2.62. The van der Waals surface area contributed by atoms with Crippen molar-refractivity contribution in [2.75, 3.05) is 34.8 Å². The van der Waals surface area contributed by atoms with Crippen LogP contribution in [-0.2, 0) is 11.2 Å². The van der Waals surface area contributed by atoms with Crippen molar-refractivity contribution in [3.05, 3.63) is 54.1 Å². The zero-order valence-corrected chi connectivity index (χ0v) is 14.0. The van der Waals surface area contributed by atoms with Gasteiger partial charge in [0, 0.05) is 24.8 Å². The Labute approximate surface area is 143 Å². The second kappa shape index (κ2) is 6.19. The smallest absolute Gasteiger partial charge is 0.246 e. The maximum absolute atomic E-state index is 13.1. The van der Waals surface area contributed by atoms with E-state index >= 15 is 0 Å². The van der Waals surface area contributed by atoms with Gasteiger partial charge in [-0.2, -0.15) is 0 Å². The molecule has 1 atom stereocenters. The molecule has 124 valence electrons. The number of para-hydroxylation sites is 3. The lowest BCUT2D eigenvalue weighted by Crippen LogP contribution is -2.43. The predicted octanol–water partition coefficient (Wildman–Crippen LogP) is 3.29. The monoisotopic (exact) mass is 321 g/mol. The van der Waals surface area contributed by atoms with Crippen LogP contribution in [0.5, 0.6) is 0 Å². The summed E-state index contributed by atoms with van der Waals surface area (Å²) in [6, 6.07) is 16.8. The fourth-order valence-electron chi connectivity index (χ4n) is 3.86. The van der Waals surface area contributed by atoms with Crippen molar-refractivity contribution in [1.29, 1.82) is 0 Å². The van der Waals surface area contributed by atoms with Crippen LogP contribution >= 0.6 is 0 Å². The molecule has 0 fully saturated rings. The van der Waals surface area contributed by atoms with Gasteiger partial charge in [-0.3, -0.25) is 4.79 Å². The number of nitrogens with zero attached hydrogens (tertiary/aromatic N) is 2. The Morgan fingerprint density at radius 3 is 2.75 bits per heavy atom. The van der Waals surface area contributed by atoms with Crippen LogP contribution in [0.4, 0.5) is 17.1 Å². The van der Waals surface area contributed by atoms with Crippen molar-refractivity contribution in [3.8, 4) is 0 Å². The number of carbonyl (C=O) groups is 1. The number of hydrogen-bond acceptors (Lipinski definition) is 3. The molecule has 0 spiro atoms. The van der Waals surface area contributed by atoms with Crippen LogP contribution in [0.25, 0.3) is 0 Å². The van der Waals surface area contributed by atoms with Gasteiger partial charge < -0.3 is 15.1 Å². The Bertz CT molecular complexity index is 758. The third-order valence-corrected chi connectivity index (χ3v) is 4.97. The number of hydrogen-bond donors (Lipinski definition) is 1. The van der Waals surface area contributed by atoms with Crippen LogP contribution in [0, 0.1) is 0 Å². The normalized spacial score (nSPS) is 19.3. The lowest BCUT2D eigenvalue weighted by molar-refractivity contribution is -0.117. The average molecular weight is 321 g/mol. The number of rotatable bonds is 2. The Kier molecular flexibility index (Phi) is 3.89. The fourth-order valence-corrected chi connectivity index (χ4v) is 3.86. The summed E-state index contributed by atoms with van der Waals surface area (Å²) in [4.78, 5) is 17.3. The molecule has 0 radical (unpaired) electrons. The Morgan fingerprint density at radius 2 is 1.88 bits per heavy atom. The summed E-state index contributed by atoms with van der Waals surface area (Å²) < 4.78 is 0. The van der Waals surface area contributed by atoms with Gasteiger partial charge in [0.15, 0.2) is 0 Å². The third-order valence-electron chi connectivity index (χ3n) is 4.97. The molecule has 4 nitrogen and oxygen atoms in total. The highest BCUT2D eigenvalue weighted by Crippen LogP contribution is 2.33. The van der Waals surface area contributed by atoms with Crippen molar-refractivity contribution < 1.29 is 4.79 Å². The van der Waals surface area contributed by atoms with E-state index in [0.29, 0.717) is 6.54 Å². The molecule has 2 heterocycles. The highest BCUT2D eigenvalue weighted by atomic mass is 16.2. The van der Waals surface area contributed by atoms with E-state index in [1.807, 2.05) is 23.1 Å². The number of nitrogens with one attached hydrogen (secondary N) is 1. The van der Waals surface area contributed by atoms with Crippen LogP contribution < -0.4 is 15.1 Å².